The second-order valence-corrected chi connectivity index (χ2v) is 8.30. The molecule has 0 saturated heterocycles. The number of aryl methyl sites for hydroxylation is 1. The monoisotopic (exact) mass is 457 g/mol. The molecule has 2 heterocycles. The van der Waals surface area contributed by atoms with Gasteiger partial charge < -0.3 is 19.5 Å². The van der Waals surface area contributed by atoms with Crippen molar-refractivity contribution in [1.29, 1.82) is 0 Å². The number of anilines is 1. The standard InChI is InChI=1S/C22H23N3O6S/c1-2-29-22(28)18-14-5-3-4-6-17(14)32-21(18)24-19(26)20(27)25-23-12-13-7-8-15-16(11-13)31-10-9-30-15/h7-8,11-12H,2-6,9-10H2,1H3,(H,24,26)(H,25,27). The number of esters is 1. The molecule has 0 bridgehead atoms. The highest BCUT2D eigenvalue weighted by Crippen LogP contribution is 2.38. The molecule has 0 fully saturated rings. The summed E-state index contributed by atoms with van der Waals surface area (Å²) >= 11 is 1.32. The van der Waals surface area contributed by atoms with Crippen LogP contribution in [0.1, 0.15) is 46.1 Å². The van der Waals surface area contributed by atoms with Gasteiger partial charge in [0.05, 0.1) is 18.4 Å². The Morgan fingerprint density at radius 2 is 1.91 bits per heavy atom. The number of rotatable bonds is 5. The van der Waals surface area contributed by atoms with Crippen LogP contribution in [0.2, 0.25) is 0 Å². The number of nitrogens with one attached hydrogen (secondary N) is 2. The van der Waals surface area contributed by atoms with Gasteiger partial charge in [-0.25, -0.2) is 10.2 Å². The molecule has 0 unspecified atom stereocenters. The van der Waals surface area contributed by atoms with Gasteiger partial charge in [0.2, 0.25) is 0 Å². The Kier molecular flexibility index (Phi) is 6.69. The first-order valence-electron chi connectivity index (χ1n) is 10.4. The van der Waals surface area contributed by atoms with Crippen LogP contribution >= 0.6 is 11.3 Å². The summed E-state index contributed by atoms with van der Waals surface area (Å²) < 4.78 is 16.1. The first kappa shape index (κ1) is 21.8. The maximum Gasteiger partial charge on any atom is 0.341 e. The van der Waals surface area contributed by atoms with E-state index in [2.05, 4.69) is 15.8 Å². The van der Waals surface area contributed by atoms with Crippen molar-refractivity contribution in [2.75, 3.05) is 25.1 Å². The first-order chi connectivity index (χ1) is 15.6. The van der Waals surface area contributed by atoms with Crippen LogP contribution in [0.15, 0.2) is 23.3 Å². The molecule has 10 heteroatoms. The van der Waals surface area contributed by atoms with E-state index in [1.807, 2.05) is 0 Å². The van der Waals surface area contributed by atoms with Gasteiger partial charge in [0.25, 0.3) is 0 Å². The Labute approximate surface area is 188 Å². The molecule has 1 aliphatic carbocycles. The zero-order valence-electron chi connectivity index (χ0n) is 17.6. The number of thiophene rings is 1. The van der Waals surface area contributed by atoms with Gasteiger partial charge in [-0.1, -0.05) is 0 Å². The van der Waals surface area contributed by atoms with Gasteiger partial charge in [0, 0.05) is 4.88 Å². The van der Waals surface area contributed by atoms with E-state index in [4.69, 9.17) is 14.2 Å². The highest BCUT2D eigenvalue weighted by molar-refractivity contribution is 7.17. The minimum Gasteiger partial charge on any atom is -0.486 e. The number of benzene rings is 1. The third-order valence-electron chi connectivity index (χ3n) is 5.03. The third kappa shape index (κ3) is 4.75. The van der Waals surface area contributed by atoms with E-state index >= 15 is 0 Å². The van der Waals surface area contributed by atoms with Crippen molar-refractivity contribution < 1.29 is 28.6 Å². The Hall–Kier alpha value is -3.40. The number of amides is 2. The average Bonchev–Trinajstić information content (AvgIpc) is 3.17. The number of carbonyl (C=O) groups excluding carboxylic acids is 3. The smallest absolute Gasteiger partial charge is 0.341 e. The number of ether oxygens (including phenoxy) is 3. The summed E-state index contributed by atoms with van der Waals surface area (Å²) in [5.74, 6) is -1.10. The van der Waals surface area contributed by atoms with Gasteiger partial charge in [-0.2, -0.15) is 5.10 Å². The van der Waals surface area contributed by atoms with Crippen molar-refractivity contribution in [3.63, 3.8) is 0 Å². The molecule has 1 aromatic carbocycles. The Bertz CT molecular complexity index is 1080. The second-order valence-electron chi connectivity index (χ2n) is 7.19. The zero-order chi connectivity index (χ0) is 22.5. The van der Waals surface area contributed by atoms with Crippen molar-refractivity contribution in [3.05, 3.63) is 39.8 Å². The van der Waals surface area contributed by atoms with E-state index in [1.54, 1.807) is 25.1 Å². The fourth-order valence-corrected chi connectivity index (χ4v) is 4.86. The van der Waals surface area contributed by atoms with Crippen LogP contribution in [0.3, 0.4) is 0 Å². The van der Waals surface area contributed by atoms with Crippen LogP contribution in [0.25, 0.3) is 0 Å². The van der Waals surface area contributed by atoms with Gasteiger partial charge in [-0.3, -0.25) is 9.59 Å². The lowest BCUT2D eigenvalue weighted by atomic mass is 9.95. The number of hydrogen-bond acceptors (Lipinski definition) is 8. The maximum absolute atomic E-state index is 12.5. The summed E-state index contributed by atoms with van der Waals surface area (Å²) in [6, 6.07) is 5.23. The summed E-state index contributed by atoms with van der Waals surface area (Å²) in [4.78, 5) is 38.2. The predicted molar refractivity (Wildman–Crippen MR) is 119 cm³/mol. The van der Waals surface area contributed by atoms with E-state index in [-0.39, 0.29) is 6.61 Å². The molecule has 2 aliphatic rings. The van der Waals surface area contributed by atoms with E-state index in [9.17, 15) is 14.4 Å². The van der Waals surface area contributed by atoms with E-state index in [0.29, 0.717) is 40.8 Å². The molecule has 32 heavy (non-hydrogen) atoms. The molecule has 1 aromatic heterocycles. The molecule has 2 aromatic rings. The van der Waals surface area contributed by atoms with E-state index in [0.717, 1.165) is 36.1 Å². The lowest BCUT2D eigenvalue weighted by Gasteiger charge is -2.18. The summed E-state index contributed by atoms with van der Waals surface area (Å²) in [6.07, 6.45) is 4.99. The summed E-state index contributed by atoms with van der Waals surface area (Å²) in [5, 5.41) is 6.73. The van der Waals surface area contributed by atoms with Crippen molar-refractivity contribution >= 4 is 40.3 Å². The lowest BCUT2D eigenvalue weighted by molar-refractivity contribution is -0.136. The van der Waals surface area contributed by atoms with E-state index in [1.165, 1.54) is 17.6 Å². The fourth-order valence-electron chi connectivity index (χ4n) is 3.59. The normalized spacial score (nSPS) is 14.5. The number of carbonyl (C=O) groups is 3. The van der Waals surface area contributed by atoms with Crippen LogP contribution < -0.4 is 20.2 Å². The van der Waals surface area contributed by atoms with Gasteiger partial charge in [0.15, 0.2) is 11.5 Å². The highest BCUT2D eigenvalue weighted by atomic mass is 32.1. The van der Waals surface area contributed by atoms with Gasteiger partial charge in [-0.05, 0) is 61.9 Å². The molecule has 0 atom stereocenters. The molecule has 1 aliphatic heterocycles. The molecule has 4 rings (SSSR count). The summed E-state index contributed by atoms with van der Waals surface area (Å²) in [5.41, 5.74) is 4.14. The predicted octanol–water partition coefficient (Wildman–Crippen LogP) is 2.66. The van der Waals surface area contributed by atoms with Crippen molar-refractivity contribution in [2.24, 2.45) is 5.10 Å². The van der Waals surface area contributed by atoms with Gasteiger partial charge in [0.1, 0.15) is 18.2 Å². The van der Waals surface area contributed by atoms with Crippen molar-refractivity contribution in [3.8, 4) is 11.5 Å². The van der Waals surface area contributed by atoms with Gasteiger partial charge in [-0.15, -0.1) is 11.3 Å². The quantitative estimate of drug-likeness (QED) is 0.309. The molecule has 9 nitrogen and oxygen atoms in total. The number of nitrogens with zero attached hydrogens (tertiary/aromatic N) is 1. The Morgan fingerprint density at radius 3 is 2.72 bits per heavy atom. The van der Waals surface area contributed by atoms with Crippen LogP contribution in [0.5, 0.6) is 11.5 Å². The Balaban J connectivity index is 1.41. The van der Waals surface area contributed by atoms with Crippen molar-refractivity contribution in [1.82, 2.24) is 5.43 Å². The SMILES string of the molecule is CCOC(=O)c1c(NC(=O)C(=O)NN=Cc2ccc3c(c2)OCCO3)sc2c1CCCC2. The molecule has 2 amide bonds. The molecular weight excluding hydrogens is 434 g/mol. The lowest BCUT2D eigenvalue weighted by Crippen LogP contribution is -2.32. The molecule has 0 radical (unpaired) electrons. The first-order valence-corrected chi connectivity index (χ1v) is 11.2. The van der Waals surface area contributed by atoms with Crippen LogP contribution in [0, 0.1) is 0 Å². The van der Waals surface area contributed by atoms with Crippen LogP contribution in [-0.4, -0.2) is 43.8 Å². The summed E-state index contributed by atoms with van der Waals surface area (Å²) in [7, 11) is 0. The molecule has 0 saturated carbocycles. The average molecular weight is 458 g/mol. The topological polar surface area (TPSA) is 115 Å². The Morgan fingerprint density at radius 1 is 1.12 bits per heavy atom. The maximum atomic E-state index is 12.5. The van der Waals surface area contributed by atoms with Crippen LogP contribution in [0.4, 0.5) is 5.00 Å². The molecular formula is C22H23N3O6S. The fraction of sp³-hybridized carbons (Fsp3) is 0.364. The highest BCUT2D eigenvalue weighted by Gasteiger charge is 2.28. The number of hydrazone groups is 1. The summed E-state index contributed by atoms with van der Waals surface area (Å²) in [6.45, 7) is 2.91. The number of fused-ring (bicyclic) bond motifs is 2. The molecule has 2 N–H and O–H groups in total. The van der Waals surface area contributed by atoms with Crippen LogP contribution in [-0.2, 0) is 27.2 Å². The minimum atomic E-state index is -0.944. The van der Waals surface area contributed by atoms with Crippen molar-refractivity contribution in [2.45, 2.75) is 32.6 Å². The molecule has 0 spiro atoms. The second kappa shape index (κ2) is 9.82. The molecule has 168 valence electrons. The largest absolute Gasteiger partial charge is 0.486 e. The third-order valence-corrected chi connectivity index (χ3v) is 6.24. The van der Waals surface area contributed by atoms with E-state index < -0.39 is 17.8 Å². The zero-order valence-corrected chi connectivity index (χ0v) is 18.4. The van der Waals surface area contributed by atoms with Gasteiger partial charge >= 0.3 is 17.8 Å². The minimum absolute atomic E-state index is 0.228. The number of hydrogen-bond donors (Lipinski definition) is 2.